The molecule has 0 aliphatic carbocycles. The molecule has 4 nitrogen and oxygen atoms in total. The van der Waals surface area contributed by atoms with Gasteiger partial charge in [-0.3, -0.25) is 0 Å². The fourth-order valence-electron chi connectivity index (χ4n) is 2.15. The van der Waals surface area contributed by atoms with Gasteiger partial charge >= 0.3 is 0 Å². The highest BCUT2D eigenvalue weighted by Crippen LogP contribution is 2.33. The van der Waals surface area contributed by atoms with Crippen molar-refractivity contribution in [3.8, 4) is 0 Å². The third-order valence-electron chi connectivity index (χ3n) is 2.91. The summed E-state index contributed by atoms with van der Waals surface area (Å²) in [5, 5.41) is 0.986. The molecule has 1 aliphatic rings. The SMILES string of the molecule is CCC1CCC(C)N1c1nc(N)ns1. The van der Waals surface area contributed by atoms with Gasteiger partial charge in [-0.15, -0.1) is 0 Å². The molecule has 0 bridgehead atoms. The van der Waals surface area contributed by atoms with Crippen molar-refractivity contribution in [2.45, 2.75) is 45.2 Å². The molecule has 2 heterocycles. The standard InChI is InChI=1S/C9H16N4S/c1-3-7-5-4-6(2)13(7)9-11-8(10)12-14-9/h6-7H,3-5H2,1-2H3,(H2,10,12). The summed E-state index contributed by atoms with van der Waals surface area (Å²) >= 11 is 1.41. The minimum absolute atomic E-state index is 0.402. The third kappa shape index (κ3) is 1.56. The Hall–Kier alpha value is -0.840. The third-order valence-corrected chi connectivity index (χ3v) is 3.65. The first-order valence-corrected chi connectivity index (χ1v) is 5.87. The second-order valence-electron chi connectivity index (χ2n) is 3.83. The highest BCUT2D eigenvalue weighted by molar-refractivity contribution is 7.09. The van der Waals surface area contributed by atoms with E-state index in [1.807, 2.05) is 0 Å². The van der Waals surface area contributed by atoms with Crippen molar-refractivity contribution < 1.29 is 0 Å². The summed E-state index contributed by atoms with van der Waals surface area (Å²) in [4.78, 5) is 6.62. The number of hydrogen-bond acceptors (Lipinski definition) is 5. The van der Waals surface area contributed by atoms with E-state index in [0.717, 1.165) is 5.13 Å². The van der Waals surface area contributed by atoms with Gasteiger partial charge in [0.05, 0.1) is 0 Å². The van der Waals surface area contributed by atoms with Gasteiger partial charge in [-0.25, -0.2) is 0 Å². The van der Waals surface area contributed by atoms with Crippen LogP contribution in [-0.4, -0.2) is 21.4 Å². The maximum absolute atomic E-state index is 5.54. The van der Waals surface area contributed by atoms with E-state index >= 15 is 0 Å². The molecule has 78 valence electrons. The van der Waals surface area contributed by atoms with E-state index < -0.39 is 0 Å². The number of nitrogens with two attached hydrogens (primary N) is 1. The molecule has 1 aromatic heterocycles. The molecule has 0 amide bonds. The number of aromatic nitrogens is 2. The zero-order valence-corrected chi connectivity index (χ0v) is 9.42. The summed E-state index contributed by atoms with van der Waals surface area (Å²) in [6, 6.07) is 1.20. The minimum atomic E-state index is 0.402. The fraction of sp³-hybridized carbons (Fsp3) is 0.778. The van der Waals surface area contributed by atoms with Gasteiger partial charge in [0.25, 0.3) is 0 Å². The number of nitrogen functional groups attached to an aromatic ring is 1. The van der Waals surface area contributed by atoms with Gasteiger partial charge < -0.3 is 10.6 Å². The van der Waals surface area contributed by atoms with Gasteiger partial charge in [0.15, 0.2) is 0 Å². The Kier molecular flexibility index (Phi) is 2.58. The van der Waals surface area contributed by atoms with E-state index in [1.54, 1.807) is 0 Å². The summed E-state index contributed by atoms with van der Waals surface area (Å²) in [6.45, 7) is 4.47. The largest absolute Gasteiger partial charge is 0.367 e. The molecule has 14 heavy (non-hydrogen) atoms. The van der Waals surface area contributed by atoms with Gasteiger partial charge in [-0.1, -0.05) is 6.92 Å². The van der Waals surface area contributed by atoms with Gasteiger partial charge in [0.1, 0.15) is 0 Å². The Bertz CT molecular complexity index is 312. The lowest BCUT2D eigenvalue weighted by molar-refractivity contribution is 0.627. The van der Waals surface area contributed by atoms with Crippen LogP contribution in [0.25, 0.3) is 0 Å². The second-order valence-corrected chi connectivity index (χ2v) is 4.56. The van der Waals surface area contributed by atoms with Gasteiger partial charge in [-0.05, 0) is 26.2 Å². The maximum atomic E-state index is 5.54. The molecule has 5 heteroatoms. The normalized spacial score (nSPS) is 27.1. The highest BCUT2D eigenvalue weighted by Gasteiger charge is 2.31. The molecule has 2 rings (SSSR count). The molecule has 1 fully saturated rings. The average molecular weight is 212 g/mol. The smallest absolute Gasteiger partial charge is 0.233 e. The molecule has 1 aromatic rings. The molecule has 1 aliphatic heterocycles. The van der Waals surface area contributed by atoms with Gasteiger partial charge in [0, 0.05) is 23.6 Å². The first kappa shape index (κ1) is 9.71. The van der Waals surface area contributed by atoms with Crippen LogP contribution in [0.15, 0.2) is 0 Å². The lowest BCUT2D eigenvalue weighted by Gasteiger charge is -2.26. The lowest BCUT2D eigenvalue weighted by Crippen LogP contribution is -2.33. The van der Waals surface area contributed by atoms with Crippen molar-refractivity contribution in [2.75, 3.05) is 10.6 Å². The highest BCUT2D eigenvalue weighted by atomic mass is 32.1. The van der Waals surface area contributed by atoms with Crippen LogP contribution in [0.5, 0.6) is 0 Å². The fourth-order valence-corrected chi connectivity index (χ4v) is 2.92. The first-order valence-electron chi connectivity index (χ1n) is 5.10. The predicted molar refractivity (Wildman–Crippen MR) is 59.6 cm³/mol. The summed E-state index contributed by atoms with van der Waals surface area (Å²) in [7, 11) is 0. The van der Waals surface area contributed by atoms with E-state index in [-0.39, 0.29) is 0 Å². The number of rotatable bonds is 2. The molecule has 2 N–H and O–H groups in total. The summed E-state index contributed by atoms with van der Waals surface area (Å²) < 4.78 is 4.03. The lowest BCUT2D eigenvalue weighted by atomic mass is 10.2. The van der Waals surface area contributed by atoms with Crippen LogP contribution in [0.3, 0.4) is 0 Å². The van der Waals surface area contributed by atoms with Crippen LogP contribution in [0, 0.1) is 0 Å². The molecular formula is C9H16N4S. The van der Waals surface area contributed by atoms with Crippen LogP contribution in [0.4, 0.5) is 11.1 Å². The van der Waals surface area contributed by atoms with Crippen molar-refractivity contribution in [2.24, 2.45) is 0 Å². The minimum Gasteiger partial charge on any atom is -0.367 e. The topological polar surface area (TPSA) is 55.0 Å². The van der Waals surface area contributed by atoms with Crippen molar-refractivity contribution in [1.29, 1.82) is 0 Å². The summed E-state index contributed by atoms with van der Waals surface area (Å²) in [5.41, 5.74) is 5.54. The Morgan fingerprint density at radius 2 is 2.36 bits per heavy atom. The molecule has 0 aromatic carbocycles. The van der Waals surface area contributed by atoms with Crippen LogP contribution >= 0.6 is 11.5 Å². The molecule has 0 saturated carbocycles. The second kappa shape index (κ2) is 3.73. The van der Waals surface area contributed by atoms with Crippen molar-refractivity contribution in [3.63, 3.8) is 0 Å². The zero-order valence-electron chi connectivity index (χ0n) is 8.60. The predicted octanol–water partition coefficient (Wildman–Crippen LogP) is 1.89. The number of anilines is 2. The molecule has 1 saturated heterocycles. The van der Waals surface area contributed by atoms with Crippen LogP contribution < -0.4 is 10.6 Å². The van der Waals surface area contributed by atoms with E-state index in [0.29, 0.717) is 18.0 Å². The molecular weight excluding hydrogens is 196 g/mol. The molecule has 0 radical (unpaired) electrons. The van der Waals surface area contributed by atoms with E-state index in [2.05, 4.69) is 28.1 Å². The van der Waals surface area contributed by atoms with E-state index in [4.69, 9.17) is 5.73 Å². The molecule has 0 spiro atoms. The van der Waals surface area contributed by atoms with Crippen molar-refractivity contribution in [1.82, 2.24) is 9.36 Å². The monoisotopic (exact) mass is 212 g/mol. The Morgan fingerprint density at radius 1 is 1.57 bits per heavy atom. The van der Waals surface area contributed by atoms with Crippen molar-refractivity contribution in [3.05, 3.63) is 0 Å². The zero-order chi connectivity index (χ0) is 10.1. The van der Waals surface area contributed by atoms with Crippen molar-refractivity contribution >= 4 is 22.6 Å². The van der Waals surface area contributed by atoms with Crippen LogP contribution in [-0.2, 0) is 0 Å². The average Bonchev–Trinajstić information content (AvgIpc) is 2.71. The van der Waals surface area contributed by atoms with E-state index in [9.17, 15) is 0 Å². The van der Waals surface area contributed by atoms with E-state index in [1.165, 1.54) is 30.8 Å². The van der Waals surface area contributed by atoms with Gasteiger partial charge in [0.2, 0.25) is 11.1 Å². The van der Waals surface area contributed by atoms with Gasteiger partial charge in [-0.2, -0.15) is 9.36 Å². The first-order chi connectivity index (χ1) is 6.72. The Balaban J connectivity index is 2.22. The Morgan fingerprint density at radius 3 is 2.93 bits per heavy atom. The summed E-state index contributed by atoms with van der Waals surface area (Å²) in [5.74, 6) is 0.402. The number of hydrogen-bond donors (Lipinski definition) is 1. The maximum Gasteiger partial charge on any atom is 0.233 e. The summed E-state index contributed by atoms with van der Waals surface area (Å²) in [6.07, 6.45) is 3.68. The Labute approximate surface area is 88.3 Å². The molecule has 2 unspecified atom stereocenters. The van der Waals surface area contributed by atoms with Crippen LogP contribution in [0.1, 0.15) is 33.1 Å². The van der Waals surface area contributed by atoms with Crippen LogP contribution in [0.2, 0.25) is 0 Å². The molecule has 2 atom stereocenters. The quantitative estimate of drug-likeness (QED) is 0.813. The number of nitrogens with zero attached hydrogens (tertiary/aromatic N) is 3.